The van der Waals surface area contributed by atoms with Crippen LogP contribution in [-0.4, -0.2) is 19.3 Å². The molecule has 5 nitrogen and oxygen atoms in total. The van der Waals surface area contributed by atoms with Gasteiger partial charge in [0.25, 0.3) is 0 Å². The van der Waals surface area contributed by atoms with Gasteiger partial charge in [-0.05, 0) is 72.3 Å². The van der Waals surface area contributed by atoms with Gasteiger partial charge in [-0.25, -0.2) is 4.98 Å². The van der Waals surface area contributed by atoms with E-state index in [1.807, 2.05) is 59.7 Å². The predicted octanol–water partition coefficient (Wildman–Crippen LogP) is 8.35. The van der Waals surface area contributed by atoms with Gasteiger partial charge in [-0.15, -0.1) is 35.7 Å². The zero-order chi connectivity index (χ0) is 27.2. The van der Waals surface area contributed by atoms with Gasteiger partial charge in [-0.3, -0.25) is 4.68 Å². The van der Waals surface area contributed by atoms with Crippen LogP contribution in [-0.2, 0) is 21.1 Å². The van der Waals surface area contributed by atoms with E-state index >= 15 is 0 Å². The second-order valence-electron chi connectivity index (χ2n) is 10.1. The Bertz CT molecular complexity index is 2020. The quantitative estimate of drug-likeness (QED) is 0.169. The zero-order valence-corrected chi connectivity index (χ0v) is 25.1. The van der Waals surface area contributed by atoms with Crippen molar-refractivity contribution in [2.24, 2.45) is 0 Å². The molecule has 0 radical (unpaired) electrons. The van der Waals surface area contributed by atoms with Crippen LogP contribution in [0.3, 0.4) is 0 Å². The topological polar surface area (TPSA) is 44.9 Å². The van der Waals surface area contributed by atoms with E-state index in [-0.39, 0.29) is 21.1 Å². The fourth-order valence-corrected chi connectivity index (χ4v) is 5.42. The summed E-state index contributed by atoms with van der Waals surface area (Å²) >= 11 is 0. The van der Waals surface area contributed by atoms with Gasteiger partial charge >= 0.3 is 21.1 Å². The summed E-state index contributed by atoms with van der Waals surface area (Å²) in [7, 11) is 0. The molecule has 0 amide bonds. The van der Waals surface area contributed by atoms with E-state index in [0.717, 1.165) is 44.4 Å². The molecule has 202 valence electrons. The number of nitrogens with zero attached hydrogens (tertiary/aromatic N) is 4. The van der Waals surface area contributed by atoms with E-state index in [0.29, 0.717) is 11.5 Å². The van der Waals surface area contributed by atoms with Gasteiger partial charge in [-0.1, -0.05) is 41.9 Å². The number of aryl methyl sites for hydroxylation is 3. The van der Waals surface area contributed by atoms with Gasteiger partial charge < -0.3 is 9.30 Å². The summed E-state index contributed by atoms with van der Waals surface area (Å²) < 4.78 is 10.3. The second-order valence-corrected chi connectivity index (χ2v) is 10.1. The number of benzene rings is 4. The normalized spacial score (nSPS) is 11.1. The van der Waals surface area contributed by atoms with Crippen LogP contribution in [0.4, 0.5) is 0 Å². The first-order valence-electron chi connectivity index (χ1n) is 13.3. The number of ether oxygens (including phenoxy) is 1. The van der Waals surface area contributed by atoms with Crippen LogP contribution >= 0.6 is 0 Å². The standard InChI is InChI=1S/C35H26N4O.Pt/c1-23-16-17-36-34(18-23)39-32-13-5-4-12-30(32)31-15-14-29(20-33(31)39)40-28-11-7-10-27(19-28)38-22-26(21-37-38)35-24(2)8-6-9-25(35)3;/h4-18,21-22H,1-3H3;/q-2;+2. The molecule has 0 saturated carbocycles. The Morgan fingerprint density at radius 1 is 0.756 bits per heavy atom. The summed E-state index contributed by atoms with van der Waals surface area (Å²) in [6.45, 7) is 6.33. The maximum Gasteiger partial charge on any atom is 2.00 e. The molecule has 0 bridgehead atoms. The fraction of sp³-hybridized carbons (Fsp3) is 0.0857. The van der Waals surface area contributed by atoms with Crippen LogP contribution in [0.5, 0.6) is 11.5 Å². The molecule has 7 aromatic rings. The number of aromatic nitrogens is 4. The number of pyridine rings is 1. The molecule has 0 saturated heterocycles. The second kappa shape index (κ2) is 10.8. The van der Waals surface area contributed by atoms with Gasteiger partial charge in [-0.2, -0.15) is 17.2 Å². The molecule has 41 heavy (non-hydrogen) atoms. The van der Waals surface area contributed by atoms with Gasteiger partial charge in [0.1, 0.15) is 5.82 Å². The molecule has 0 aliphatic rings. The van der Waals surface area contributed by atoms with Crippen molar-refractivity contribution in [3.05, 3.63) is 132 Å². The largest absolute Gasteiger partial charge is 2.00 e. The summed E-state index contributed by atoms with van der Waals surface area (Å²) in [4.78, 5) is 4.66. The monoisotopic (exact) mass is 713 g/mol. The minimum Gasteiger partial charge on any atom is -0.509 e. The van der Waals surface area contributed by atoms with Crippen LogP contribution < -0.4 is 4.74 Å². The maximum atomic E-state index is 6.30. The first kappa shape index (κ1) is 26.7. The number of para-hydroxylation sites is 1. The molecule has 0 fully saturated rings. The molecule has 0 unspecified atom stereocenters. The SMILES string of the molecule is Cc1ccnc(-n2c3[c-]c(Oc4[c-]c(-n5cc(-c6c(C)cccc6C)cn5)ccc4)ccc3c3ccccc32)c1.[Pt+2]. The van der Waals surface area contributed by atoms with Crippen molar-refractivity contribution in [1.29, 1.82) is 0 Å². The summed E-state index contributed by atoms with van der Waals surface area (Å²) in [5, 5.41) is 6.87. The van der Waals surface area contributed by atoms with Gasteiger partial charge in [0.05, 0.1) is 6.20 Å². The Balaban J connectivity index is 0.00000302. The molecule has 7 rings (SSSR count). The molecular formula is C35H26N4OPt. The van der Waals surface area contributed by atoms with Crippen molar-refractivity contribution in [2.45, 2.75) is 20.8 Å². The predicted molar refractivity (Wildman–Crippen MR) is 160 cm³/mol. The molecule has 3 aromatic heterocycles. The Hall–Kier alpha value is -4.47. The van der Waals surface area contributed by atoms with Crippen molar-refractivity contribution in [3.8, 4) is 34.1 Å². The molecule has 6 heteroatoms. The zero-order valence-electron chi connectivity index (χ0n) is 22.8. The molecular weight excluding hydrogens is 687 g/mol. The molecule has 0 aliphatic carbocycles. The summed E-state index contributed by atoms with van der Waals surface area (Å²) in [5.74, 6) is 2.05. The van der Waals surface area contributed by atoms with Gasteiger partial charge in [0.15, 0.2) is 0 Å². The smallest absolute Gasteiger partial charge is 0.509 e. The van der Waals surface area contributed by atoms with Gasteiger partial charge in [0, 0.05) is 35.0 Å². The Labute approximate surface area is 253 Å². The summed E-state index contributed by atoms with van der Waals surface area (Å²) in [6.07, 6.45) is 5.78. The third kappa shape index (κ3) is 4.87. The third-order valence-corrected chi connectivity index (χ3v) is 7.26. The summed E-state index contributed by atoms with van der Waals surface area (Å²) in [5.41, 5.74) is 8.68. The van der Waals surface area contributed by atoms with Crippen molar-refractivity contribution >= 4 is 21.8 Å². The van der Waals surface area contributed by atoms with E-state index in [2.05, 4.69) is 96.1 Å². The fourth-order valence-electron chi connectivity index (χ4n) is 5.42. The van der Waals surface area contributed by atoms with E-state index in [9.17, 15) is 0 Å². The average molecular weight is 714 g/mol. The van der Waals surface area contributed by atoms with Crippen molar-refractivity contribution < 1.29 is 25.8 Å². The third-order valence-electron chi connectivity index (χ3n) is 7.26. The van der Waals surface area contributed by atoms with Crippen LogP contribution in [0.1, 0.15) is 16.7 Å². The van der Waals surface area contributed by atoms with Gasteiger partial charge in [0.2, 0.25) is 0 Å². The van der Waals surface area contributed by atoms with E-state index in [1.54, 1.807) is 0 Å². The molecule has 3 heterocycles. The Morgan fingerprint density at radius 2 is 1.54 bits per heavy atom. The molecule has 0 N–H and O–H groups in total. The number of fused-ring (bicyclic) bond motifs is 3. The number of rotatable bonds is 5. The van der Waals surface area contributed by atoms with E-state index < -0.39 is 0 Å². The Kier molecular flexibility index (Phi) is 7.06. The number of hydrogen-bond acceptors (Lipinski definition) is 3. The first-order valence-corrected chi connectivity index (χ1v) is 13.3. The minimum absolute atomic E-state index is 0. The van der Waals surface area contributed by atoms with Crippen LogP contribution in [0.15, 0.2) is 104 Å². The average Bonchev–Trinajstić information content (AvgIpc) is 3.56. The van der Waals surface area contributed by atoms with E-state index in [4.69, 9.17) is 4.74 Å². The molecule has 0 atom stereocenters. The van der Waals surface area contributed by atoms with Crippen LogP contribution in [0.25, 0.3) is 44.4 Å². The molecule has 4 aromatic carbocycles. The Morgan fingerprint density at radius 3 is 2.37 bits per heavy atom. The summed E-state index contributed by atoms with van der Waals surface area (Å²) in [6, 6.07) is 35.5. The minimum atomic E-state index is 0. The van der Waals surface area contributed by atoms with Crippen LogP contribution in [0.2, 0.25) is 0 Å². The van der Waals surface area contributed by atoms with Crippen molar-refractivity contribution in [1.82, 2.24) is 19.3 Å². The molecule has 0 aliphatic heterocycles. The van der Waals surface area contributed by atoms with Crippen molar-refractivity contribution in [2.75, 3.05) is 0 Å². The molecule has 0 spiro atoms. The van der Waals surface area contributed by atoms with Crippen LogP contribution in [0, 0.1) is 32.9 Å². The maximum absolute atomic E-state index is 6.30. The van der Waals surface area contributed by atoms with E-state index in [1.165, 1.54) is 16.7 Å². The number of hydrogen-bond donors (Lipinski definition) is 0. The first-order chi connectivity index (χ1) is 19.5. The van der Waals surface area contributed by atoms with Crippen molar-refractivity contribution in [3.63, 3.8) is 0 Å².